The molecule has 0 bridgehead atoms. The van der Waals surface area contributed by atoms with Gasteiger partial charge in [0.25, 0.3) is 0 Å². The zero-order chi connectivity index (χ0) is 7.07. The molecule has 0 saturated heterocycles. The van der Waals surface area contributed by atoms with Gasteiger partial charge < -0.3 is 0 Å². The molecule has 1 aliphatic rings. The smallest absolute Gasteiger partial charge is 0.171 e. The van der Waals surface area contributed by atoms with Crippen molar-refractivity contribution in [3.05, 3.63) is 0 Å². The van der Waals surface area contributed by atoms with Gasteiger partial charge >= 0.3 is 6.18 Å². The van der Waals surface area contributed by atoms with Gasteiger partial charge in [0.1, 0.15) is 0 Å². The van der Waals surface area contributed by atoms with Crippen molar-refractivity contribution >= 4 is 11.6 Å². The quantitative estimate of drug-likeness (QED) is 0.514. The molecule has 0 aromatic heterocycles. The molecule has 0 radical (unpaired) electrons. The number of hydrogen-bond donors (Lipinski definition) is 0. The van der Waals surface area contributed by atoms with Crippen molar-refractivity contribution in [2.24, 2.45) is 11.8 Å². The summed E-state index contributed by atoms with van der Waals surface area (Å²) in [6.45, 7) is 0. The third-order valence-electron chi connectivity index (χ3n) is 1.54. The second-order valence-corrected chi connectivity index (χ2v) is 2.61. The molecule has 0 nitrogen and oxygen atoms in total. The Labute approximate surface area is 56.0 Å². The molecule has 4 heteroatoms. The van der Waals surface area contributed by atoms with E-state index < -0.39 is 12.1 Å². The molecular formula is C5H6ClF3. The summed E-state index contributed by atoms with van der Waals surface area (Å²) in [4.78, 5) is 0. The highest BCUT2D eigenvalue weighted by Gasteiger charge is 2.54. The minimum Gasteiger partial charge on any atom is -0.171 e. The highest BCUT2D eigenvalue weighted by atomic mass is 35.5. The van der Waals surface area contributed by atoms with Crippen molar-refractivity contribution in [1.82, 2.24) is 0 Å². The molecule has 1 rings (SSSR count). The van der Waals surface area contributed by atoms with Crippen LogP contribution in [-0.2, 0) is 0 Å². The second kappa shape index (κ2) is 2.04. The second-order valence-electron chi connectivity index (χ2n) is 2.30. The Morgan fingerprint density at radius 1 is 1.44 bits per heavy atom. The molecule has 1 saturated carbocycles. The van der Waals surface area contributed by atoms with Gasteiger partial charge in [0.2, 0.25) is 0 Å². The summed E-state index contributed by atoms with van der Waals surface area (Å²) >= 11 is 5.20. The molecule has 2 unspecified atom stereocenters. The number of halogens is 4. The Balaban J connectivity index is 2.33. The molecule has 0 aliphatic heterocycles. The summed E-state index contributed by atoms with van der Waals surface area (Å²) in [6, 6.07) is 0. The molecule has 1 aliphatic carbocycles. The van der Waals surface area contributed by atoms with E-state index in [1.165, 1.54) is 0 Å². The SMILES string of the molecule is FC(F)(F)C1CC1CCl. The minimum atomic E-state index is -4.00. The Hall–Kier alpha value is 0.0800. The molecule has 0 N–H and O–H groups in total. The van der Waals surface area contributed by atoms with Crippen LogP contribution >= 0.6 is 11.6 Å². The fourth-order valence-electron chi connectivity index (χ4n) is 0.819. The third-order valence-corrected chi connectivity index (χ3v) is 1.94. The molecule has 0 aromatic rings. The maximum Gasteiger partial charge on any atom is 0.392 e. The van der Waals surface area contributed by atoms with Crippen LogP contribution in [0.2, 0.25) is 0 Å². The van der Waals surface area contributed by atoms with Crippen LogP contribution in [0.3, 0.4) is 0 Å². The van der Waals surface area contributed by atoms with Crippen LogP contribution in [0.25, 0.3) is 0 Å². The van der Waals surface area contributed by atoms with E-state index in [9.17, 15) is 13.2 Å². The van der Waals surface area contributed by atoms with Crippen molar-refractivity contribution in [3.8, 4) is 0 Å². The van der Waals surface area contributed by atoms with Crippen molar-refractivity contribution in [2.45, 2.75) is 12.6 Å². The van der Waals surface area contributed by atoms with Gasteiger partial charge in [-0.3, -0.25) is 0 Å². The molecule has 0 amide bonds. The van der Waals surface area contributed by atoms with E-state index in [0.717, 1.165) is 0 Å². The molecule has 2 atom stereocenters. The first-order valence-corrected chi connectivity index (χ1v) is 3.22. The summed E-state index contributed by atoms with van der Waals surface area (Å²) in [5.74, 6) is -1.26. The summed E-state index contributed by atoms with van der Waals surface area (Å²) in [7, 11) is 0. The van der Waals surface area contributed by atoms with Crippen LogP contribution in [0.5, 0.6) is 0 Å². The van der Waals surface area contributed by atoms with Gasteiger partial charge in [0, 0.05) is 5.88 Å². The van der Waals surface area contributed by atoms with Crippen LogP contribution in [0.4, 0.5) is 13.2 Å². The van der Waals surface area contributed by atoms with E-state index in [2.05, 4.69) is 0 Å². The fourth-order valence-corrected chi connectivity index (χ4v) is 1.16. The number of hydrogen-bond acceptors (Lipinski definition) is 0. The van der Waals surface area contributed by atoms with E-state index in [1.54, 1.807) is 0 Å². The Morgan fingerprint density at radius 2 is 2.00 bits per heavy atom. The molecule has 9 heavy (non-hydrogen) atoms. The molecule has 54 valence electrons. The largest absolute Gasteiger partial charge is 0.392 e. The van der Waals surface area contributed by atoms with Gasteiger partial charge in [-0.05, 0) is 12.3 Å². The van der Waals surface area contributed by atoms with Crippen LogP contribution in [0.15, 0.2) is 0 Å². The van der Waals surface area contributed by atoms with Crippen molar-refractivity contribution in [2.75, 3.05) is 5.88 Å². The molecule has 0 aromatic carbocycles. The Bertz CT molecular complexity index is 109. The zero-order valence-electron chi connectivity index (χ0n) is 4.58. The first-order valence-electron chi connectivity index (χ1n) is 2.68. The Morgan fingerprint density at radius 3 is 2.11 bits per heavy atom. The molecule has 1 fully saturated rings. The van der Waals surface area contributed by atoms with Crippen molar-refractivity contribution in [1.29, 1.82) is 0 Å². The van der Waals surface area contributed by atoms with Gasteiger partial charge in [-0.2, -0.15) is 13.2 Å². The highest BCUT2D eigenvalue weighted by molar-refractivity contribution is 6.18. The van der Waals surface area contributed by atoms with E-state index >= 15 is 0 Å². The summed E-state index contributed by atoms with van der Waals surface area (Å²) in [6.07, 6.45) is -3.77. The van der Waals surface area contributed by atoms with Crippen LogP contribution in [0.1, 0.15) is 6.42 Å². The lowest BCUT2D eigenvalue weighted by atomic mass is 10.3. The van der Waals surface area contributed by atoms with E-state index in [-0.39, 0.29) is 18.2 Å². The monoisotopic (exact) mass is 158 g/mol. The van der Waals surface area contributed by atoms with Gasteiger partial charge in [-0.15, -0.1) is 11.6 Å². The van der Waals surface area contributed by atoms with Gasteiger partial charge in [-0.25, -0.2) is 0 Å². The minimum absolute atomic E-state index is 0.143. The van der Waals surface area contributed by atoms with Gasteiger partial charge in [0.15, 0.2) is 0 Å². The summed E-state index contributed by atoms with van der Waals surface area (Å²) in [5, 5.41) is 0. The predicted octanol–water partition coefficient (Wildman–Crippen LogP) is 2.42. The topological polar surface area (TPSA) is 0 Å². The molecule has 0 heterocycles. The van der Waals surface area contributed by atoms with E-state index in [1.807, 2.05) is 0 Å². The van der Waals surface area contributed by atoms with Crippen molar-refractivity contribution < 1.29 is 13.2 Å². The van der Waals surface area contributed by atoms with Crippen molar-refractivity contribution in [3.63, 3.8) is 0 Å². The van der Waals surface area contributed by atoms with Crippen LogP contribution in [0, 0.1) is 11.8 Å². The standard InChI is InChI=1S/C5H6ClF3/c6-2-3-1-4(3)5(7,8)9/h3-4H,1-2H2. The van der Waals surface area contributed by atoms with Gasteiger partial charge in [0.05, 0.1) is 5.92 Å². The first-order chi connectivity index (χ1) is 4.05. The number of rotatable bonds is 1. The third kappa shape index (κ3) is 1.51. The predicted molar refractivity (Wildman–Crippen MR) is 28.4 cm³/mol. The lowest BCUT2D eigenvalue weighted by Crippen LogP contribution is -2.12. The van der Waals surface area contributed by atoms with E-state index in [0.29, 0.717) is 0 Å². The maximum atomic E-state index is 11.6. The fraction of sp³-hybridized carbons (Fsp3) is 1.00. The van der Waals surface area contributed by atoms with Crippen LogP contribution in [-0.4, -0.2) is 12.1 Å². The Kier molecular flexibility index (Phi) is 1.63. The summed E-state index contributed by atoms with van der Waals surface area (Å²) in [5.41, 5.74) is 0. The van der Waals surface area contributed by atoms with E-state index in [4.69, 9.17) is 11.6 Å². The normalized spacial score (nSPS) is 34.7. The lowest BCUT2D eigenvalue weighted by Gasteiger charge is -2.02. The summed E-state index contributed by atoms with van der Waals surface area (Å²) < 4.78 is 34.9. The lowest BCUT2D eigenvalue weighted by molar-refractivity contribution is -0.150. The van der Waals surface area contributed by atoms with Crippen LogP contribution < -0.4 is 0 Å². The zero-order valence-corrected chi connectivity index (χ0v) is 5.34. The average molecular weight is 159 g/mol. The van der Waals surface area contributed by atoms with Gasteiger partial charge in [-0.1, -0.05) is 0 Å². The molecule has 0 spiro atoms. The first kappa shape index (κ1) is 7.19. The average Bonchev–Trinajstić information content (AvgIpc) is 2.39. The highest BCUT2D eigenvalue weighted by Crippen LogP contribution is 2.50. The maximum absolute atomic E-state index is 11.6. The number of alkyl halides is 4. The molecular weight excluding hydrogens is 153 g/mol.